The summed E-state index contributed by atoms with van der Waals surface area (Å²) in [6, 6.07) is 17.9. The molecule has 0 radical (unpaired) electrons. The van der Waals surface area contributed by atoms with Crippen molar-refractivity contribution in [2.45, 2.75) is 32.1 Å². The first kappa shape index (κ1) is 24.6. The third-order valence-electron chi connectivity index (χ3n) is 6.81. The van der Waals surface area contributed by atoms with E-state index in [4.69, 9.17) is 9.47 Å². The van der Waals surface area contributed by atoms with Crippen molar-refractivity contribution in [3.63, 3.8) is 0 Å². The minimum Gasteiger partial charge on any atom is -0.493 e. The van der Waals surface area contributed by atoms with Gasteiger partial charge in [0.15, 0.2) is 11.5 Å². The van der Waals surface area contributed by atoms with Crippen molar-refractivity contribution < 1.29 is 14.3 Å². The molecule has 1 aliphatic heterocycles. The second-order valence-electron chi connectivity index (χ2n) is 8.91. The Morgan fingerprint density at radius 1 is 1.03 bits per heavy atom. The number of hydrogen-bond acceptors (Lipinski definition) is 5. The molecule has 1 atom stereocenters. The van der Waals surface area contributed by atoms with Crippen molar-refractivity contribution >= 4 is 5.91 Å². The van der Waals surface area contributed by atoms with E-state index in [0.29, 0.717) is 11.5 Å². The average molecular weight is 450 g/mol. The van der Waals surface area contributed by atoms with E-state index < -0.39 is 5.41 Å². The average Bonchev–Trinajstić information content (AvgIpc) is 2.86. The van der Waals surface area contributed by atoms with Crippen molar-refractivity contribution in [3.05, 3.63) is 59.7 Å². The van der Waals surface area contributed by atoms with Crippen LogP contribution >= 0.6 is 0 Å². The van der Waals surface area contributed by atoms with Gasteiger partial charge >= 0.3 is 0 Å². The van der Waals surface area contributed by atoms with Crippen LogP contribution in [0.15, 0.2) is 48.5 Å². The Kier molecular flexibility index (Phi) is 8.35. The lowest BCUT2D eigenvalue weighted by molar-refractivity contribution is 0.0633. The van der Waals surface area contributed by atoms with Gasteiger partial charge in [0.2, 0.25) is 0 Å². The molecule has 3 rings (SSSR count). The second kappa shape index (κ2) is 11.2. The third-order valence-corrected chi connectivity index (χ3v) is 6.81. The van der Waals surface area contributed by atoms with E-state index >= 15 is 0 Å². The van der Waals surface area contributed by atoms with Gasteiger partial charge in [-0.3, -0.25) is 9.69 Å². The lowest BCUT2D eigenvalue weighted by atomic mass is 9.69. The molecule has 1 fully saturated rings. The molecular weight excluding hydrogens is 414 g/mol. The van der Waals surface area contributed by atoms with E-state index in [1.54, 1.807) is 14.2 Å². The molecule has 0 bridgehead atoms. The Labute approximate surface area is 197 Å². The summed E-state index contributed by atoms with van der Waals surface area (Å²) in [5.74, 6) is 1.57. The zero-order chi connectivity index (χ0) is 23.8. The zero-order valence-electron chi connectivity index (χ0n) is 20.2. The summed E-state index contributed by atoms with van der Waals surface area (Å²) in [6.45, 7) is 8.30. The molecule has 0 N–H and O–H groups in total. The number of amides is 1. The third kappa shape index (κ3) is 5.48. The summed E-state index contributed by atoms with van der Waals surface area (Å²) in [5, 5.41) is 10.3. The largest absolute Gasteiger partial charge is 0.493 e. The van der Waals surface area contributed by atoms with Gasteiger partial charge in [-0.1, -0.05) is 38.1 Å². The lowest BCUT2D eigenvalue weighted by Gasteiger charge is -2.36. The maximum absolute atomic E-state index is 12.7. The van der Waals surface area contributed by atoms with Crippen LogP contribution in [0.2, 0.25) is 0 Å². The summed E-state index contributed by atoms with van der Waals surface area (Å²) in [7, 11) is 3.23. The van der Waals surface area contributed by atoms with Crippen LogP contribution in [0.1, 0.15) is 42.6 Å². The van der Waals surface area contributed by atoms with Crippen LogP contribution in [0.4, 0.5) is 0 Å². The SMILES string of the molecule is COc1ccc(C(C#N)(CCCN2CCN(C(=O)c3ccccc3)CC2)C(C)C)cc1OC. The maximum atomic E-state index is 12.7. The number of carbonyl (C=O) groups is 1. The highest BCUT2D eigenvalue weighted by Gasteiger charge is 2.36. The number of nitrogens with zero attached hydrogens (tertiary/aromatic N) is 3. The predicted molar refractivity (Wildman–Crippen MR) is 130 cm³/mol. The van der Waals surface area contributed by atoms with Crippen LogP contribution < -0.4 is 9.47 Å². The number of methoxy groups -OCH3 is 2. The molecule has 2 aromatic carbocycles. The highest BCUT2D eigenvalue weighted by molar-refractivity contribution is 5.94. The predicted octanol–water partition coefficient (Wildman–Crippen LogP) is 4.36. The number of piperazine rings is 1. The fraction of sp³-hybridized carbons (Fsp3) is 0.481. The minimum atomic E-state index is -0.593. The van der Waals surface area contributed by atoms with Gasteiger partial charge in [-0.15, -0.1) is 0 Å². The van der Waals surface area contributed by atoms with Gasteiger partial charge in [0.05, 0.1) is 25.7 Å². The first-order valence-corrected chi connectivity index (χ1v) is 11.7. The minimum absolute atomic E-state index is 0.104. The number of benzene rings is 2. The summed E-state index contributed by atoms with van der Waals surface area (Å²) in [5.41, 5.74) is 1.12. The van der Waals surface area contributed by atoms with E-state index in [-0.39, 0.29) is 11.8 Å². The van der Waals surface area contributed by atoms with Crippen LogP contribution in [0.5, 0.6) is 11.5 Å². The van der Waals surface area contributed by atoms with E-state index in [9.17, 15) is 10.1 Å². The van der Waals surface area contributed by atoms with Crippen LogP contribution in [0, 0.1) is 17.2 Å². The van der Waals surface area contributed by atoms with Crippen molar-refractivity contribution in [2.75, 3.05) is 46.9 Å². The number of ether oxygens (including phenoxy) is 2. The van der Waals surface area contributed by atoms with Crippen LogP contribution in [0.25, 0.3) is 0 Å². The van der Waals surface area contributed by atoms with Gasteiger partial charge in [0, 0.05) is 31.7 Å². The van der Waals surface area contributed by atoms with Gasteiger partial charge < -0.3 is 14.4 Å². The fourth-order valence-electron chi connectivity index (χ4n) is 4.65. The number of nitriles is 1. The van der Waals surface area contributed by atoms with Gasteiger partial charge in [0.25, 0.3) is 5.91 Å². The van der Waals surface area contributed by atoms with Crippen molar-refractivity contribution in [1.82, 2.24) is 9.80 Å². The zero-order valence-corrected chi connectivity index (χ0v) is 20.2. The first-order valence-electron chi connectivity index (χ1n) is 11.7. The van der Waals surface area contributed by atoms with E-state index in [1.807, 2.05) is 53.4 Å². The van der Waals surface area contributed by atoms with Crippen LogP contribution in [0.3, 0.4) is 0 Å². The second-order valence-corrected chi connectivity index (χ2v) is 8.91. The summed E-state index contributed by atoms with van der Waals surface area (Å²) in [4.78, 5) is 17.0. The topological polar surface area (TPSA) is 65.8 Å². The molecule has 176 valence electrons. The van der Waals surface area contributed by atoms with Gasteiger partial charge in [0.1, 0.15) is 0 Å². The van der Waals surface area contributed by atoms with E-state index in [2.05, 4.69) is 24.8 Å². The molecule has 0 aliphatic carbocycles. The Morgan fingerprint density at radius 3 is 2.27 bits per heavy atom. The molecule has 1 amide bonds. The number of carbonyl (C=O) groups excluding carboxylic acids is 1. The molecule has 1 saturated heterocycles. The normalized spacial score (nSPS) is 16.2. The molecule has 1 aliphatic rings. The molecule has 6 nitrogen and oxygen atoms in total. The number of rotatable bonds is 9. The quantitative estimate of drug-likeness (QED) is 0.569. The summed E-state index contributed by atoms with van der Waals surface area (Å²) < 4.78 is 10.9. The molecule has 1 unspecified atom stereocenters. The Morgan fingerprint density at radius 2 is 1.70 bits per heavy atom. The van der Waals surface area contributed by atoms with Crippen LogP contribution in [-0.2, 0) is 5.41 Å². The number of hydrogen-bond donors (Lipinski definition) is 0. The monoisotopic (exact) mass is 449 g/mol. The van der Waals surface area contributed by atoms with E-state index in [0.717, 1.165) is 56.7 Å². The van der Waals surface area contributed by atoms with E-state index in [1.165, 1.54) is 0 Å². The van der Waals surface area contributed by atoms with Crippen molar-refractivity contribution in [3.8, 4) is 17.6 Å². The molecule has 2 aromatic rings. The van der Waals surface area contributed by atoms with Gasteiger partial charge in [-0.2, -0.15) is 5.26 Å². The Hall–Kier alpha value is -3.04. The molecule has 1 heterocycles. The summed E-state index contributed by atoms with van der Waals surface area (Å²) >= 11 is 0. The highest BCUT2D eigenvalue weighted by Crippen LogP contribution is 2.40. The Bertz CT molecular complexity index is 962. The van der Waals surface area contributed by atoms with Gasteiger partial charge in [-0.25, -0.2) is 0 Å². The molecule has 0 saturated carbocycles. The molecule has 33 heavy (non-hydrogen) atoms. The first-order chi connectivity index (χ1) is 15.9. The standard InChI is InChI=1S/C27H35N3O3/c1-21(2)27(20-28,23-11-12-24(32-3)25(19-23)33-4)13-8-14-29-15-17-30(18-16-29)26(31)22-9-6-5-7-10-22/h5-7,9-12,19,21H,8,13-18H2,1-4H3. The summed E-state index contributed by atoms with van der Waals surface area (Å²) in [6.07, 6.45) is 1.67. The lowest BCUT2D eigenvalue weighted by Crippen LogP contribution is -2.49. The van der Waals surface area contributed by atoms with Gasteiger partial charge in [-0.05, 0) is 55.1 Å². The maximum Gasteiger partial charge on any atom is 0.253 e. The highest BCUT2D eigenvalue weighted by atomic mass is 16.5. The molecule has 0 spiro atoms. The van der Waals surface area contributed by atoms with Crippen molar-refractivity contribution in [1.29, 1.82) is 5.26 Å². The molecule has 0 aromatic heterocycles. The van der Waals surface area contributed by atoms with Crippen molar-refractivity contribution in [2.24, 2.45) is 5.92 Å². The Balaban J connectivity index is 1.60. The molecular formula is C27H35N3O3. The smallest absolute Gasteiger partial charge is 0.253 e. The van der Waals surface area contributed by atoms with Crippen LogP contribution in [-0.4, -0.2) is 62.7 Å². The molecule has 6 heteroatoms. The fourth-order valence-corrected chi connectivity index (χ4v) is 4.65.